The first kappa shape index (κ1) is 16.2. The Labute approximate surface area is 139 Å². The summed E-state index contributed by atoms with van der Waals surface area (Å²) >= 11 is 0. The van der Waals surface area contributed by atoms with Crippen LogP contribution in [0.2, 0.25) is 0 Å². The Bertz CT molecular complexity index is 784. The van der Waals surface area contributed by atoms with E-state index in [4.69, 9.17) is 5.11 Å². The maximum atomic E-state index is 12.7. The molecule has 1 aliphatic rings. The van der Waals surface area contributed by atoms with E-state index in [1.54, 1.807) is 0 Å². The van der Waals surface area contributed by atoms with E-state index in [2.05, 4.69) is 35.4 Å². The minimum absolute atomic E-state index is 0.00163. The number of rotatable bonds is 4. The van der Waals surface area contributed by atoms with Crippen LogP contribution in [0.25, 0.3) is 0 Å². The Morgan fingerprint density at radius 2 is 2.12 bits per heavy atom. The molecule has 1 N–H and O–H groups in total. The van der Waals surface area contributed by atoms with Crippen molar-refractivity contribution >= 4 is 11.9 Å². The second-order valence-electron chi connectivity index (χ2n) is 6.21. The third-order valence-corrected chi connectivity index (χ3v) is 4.42. The number of carboxylic acid groups (broad SMARTS) is 1. The lowest BCUT2D eigenvalue weighted by Crippen LogP contribution is -2.33. The van der Waals surface area contributed by atoms with E-state index >= 15 is 0 Å². The smallest absolute Gasteiger partial charge is 0.358 e. The molecule has 0 bridgehead atoms. The van der Waals surface area contributed by atoms with Gasteiger partial charge in [-0.05, 0) is 37.8 Å². The summed E-state index contributed by atoms with van der Waals surface area (Å²) in [7, 11) is 0. The molecule has 1 fully saturated rings. The Kier molecular flexibility index (Phi) is 4.33. The van der Waals surface area contributed by atoms with E-state index in [-0.39, 0.29) is 24.2 Å². The van der Waals surface area contributed by atoms with Crippen molar-refractivity contribution in [3.05, 3.63) is 46.8 Å². The summed E-state index contributed by atoms with van der Waals surface area (Å²) < 4.78 is 1.28. The topological polar surface area (TPSA) is 88.3 Å². The number of aromatic carboxylic acids is 1. The van der Waals surface area contributed by atoms with Gasteiger partial charge in [-0.25, -0.2) is 9.48 Å². The Hall–Kier alpha value is -2.70. The second kappa shape index (κ2) is 6.43. The second-order valence-corrected chi connectivity index (χ2v) is 6.21. The van der Waals surface area contributed by atoms with Crippen LogP contribution in [-0.4, -0.2) is 43.4 Å². The first-order chi connectivity index (χ1) is 11.5. The van der Waals surface area contributed by atoms with Gasteiger partial charge >= 0.3 is 5.97 Å². The van der Waals surface area contributed by atoms with E-state index in [1.165, 1.54) is 27.6 Å². The molecule has 1 aromatic carbocycles. The average Bonchev–Trinajstić information content (AvgIpc) is 3.18. The van der Waals surface area contributed by atoms with Crippen molar-refractivity contribution in [1.82, 2.24) is 19.9 Å². The Balaban J connectivity index is 1.78. The van der Waals surface area contributed by atoms with Gasteiger partial charge in [-0.15, -0.1) is 5.10 Å². The highest BCUT2D eigenvalue weighted by atomic mass is 16.4. The van der Waals surface area contributed by atoms with Crippen LogP contribution in [-0.2, 0) is 11.3 Å². The SMILES string of the molecule is Cc1ccc(C)c(C2CCCN2C(=O)Cn2cc(C(=O)O)nn2)c1. The molecule has 2 aromatic rings. The molecule has 7 nitrogen and oxygen atoms in total. The van der Waals surface area contributed by atoms with Crippen molar-refractivity contribution in [2.45, 2.75) is 39.3 Å². The van der Waals surface area contributed by atoms with Gasteiger partial charge in [0, 0.05) is 6.54 Å². The molecule has 126 valence electrons. The summed E-state index contributed by atoms with van der Waals surface area (Å²) in [6.45, 7) is 4.82. The maximum absolute atomic E-state index is 12.7. The van der Waals surface area contributed by atoms with E-state index in [0.29, 0.717) is 6.54 Å². The average molecular weight is 328 g/mol. The van der Waals surface area contributed by atoms with Crippen LogP contribution in [0.3, 0.4) is 0 Å². The molecule has 0 spiro atoms. The molecule has 1 aromatic heterocycles. The fourth-order valence-electron chi connectivity index (χ4n) is 3.21. The molecule has 0 aliphatic carbocycles. The number of hydrogen-bond donors (Lipinski definition) is 1. The first-order valence-electron chi connectivity index (χ1n) is 7.96. The fourth-order valence-corrected chi connectivity index (χ4v) is 3.21. The zero-order chi connectivity index (χ0) is 17.3. The third-order valence-electron chi connectivity index (χ3n) is 4.42. The number of carbonyl (C=O) groups excluding carboxylic acids is 1. The van der Waals surface area contributed by atoms with Crippen LogP contribution in [0.15, 0.2) is 24.4 Å². The van der Waals surface area contributed by atoms with E-state index in [1.807, 2.05) is 11.8 Å². The quantitative estimate of drug-likeness (QED) is 0.927. The number of carboxylic acids is 1. The molecule has 7 heteroatoms. The Morgan fingerprint density at radius 3 is 2.83 bits per heavy atom. The molecule has 1 unspecified atom stereocenters. The molecule has 1 atom stereocenters. The fraction of sp³-hybridized carbons (Fsp3) is 0.412. The van der Waals surface area contributed by atoms with E-state index in [9.17, 15) is 9.59 Å². The lowest BCUT2D eigenvalue weighted by atomic mass is 9.97. The lowest BCUT2D eigenvalue weighted by molar-refractivity contribution is -0.133. The molecule has 1 aliphatic heterocycles. The molecule has 1 amide bonds. The Morgan fingerprint density at radius 1 is 1.33 bits per heavy atom. The molecular formula is C17H20N4O3. The minimum Gasteiger partial charge on any atom is -0.476 e. The largest absolute Gasteiger partial charge is 0.476 e. The van der Waals surface area contributed by atoms with Gasteiger partial charge in [0.1, 0.15) is 6.54 Å². The number of nitrogens with zero attached hydrogens (tertiary/aromatic N) is 4. The molecule has 24 heavy (non-hydrogen) atoms. The predicted octanol–water partition coefficient (Wildman–Crippen LogP) is 1.96. The lowest BCUT2D eigenvalue weighted by Gasteiger charge is -2.26. The van der Waals surface area contributed by atoms with Crippen molar-refractivity contribution < 1.29 is 14.7 Å². The van der Waals surface area contributed by atoms with Crippen LogP contribution >= 0.6 is 0 Å². The highest BCUT2D eigenvalue weighted by Gasteiger charge is 2.31. The number of likely N-dealkylation sites (tertiary alicyclic amines) is 1. The summed E-state index contributed by atoms with van der Waals surface area (Å²) in [6, 6.07) is 6.37. The molecule has 0 saturated carbocycles. The summed E-state index contributed by atoms with van der Waals surface area (Å²) in [4.78, 5) is 25.4. The minimum atomic E-state index is -1.15. The van der Waals surface area contributed by atoms with Gasteiger partial charge in [-0.3, -0.25) is 4.79 Å². The van der Waals surface area contributed by atoms with Crippen molar-refractivity contribution in [2.24, 2.45) is 0 Å². The maximum Gasteiger partial charge on any atom is 0.358 e. The van der Waals surface area contributed by atoms with Crippen molar-refractivity contribution in [1.29, 1.82) is 0 Å². The van der Waals surface area contributed by atoms with Crippen molar-refractivity contribution in [3.8, 4) is 0 Å². The van der Waals surface area contributed by atoms with Crippen LogP contribution < -0.4 is 0 Å². The first-order valence-corrected chi connectivity index (χ1v) is 7.96. The van der Waals surface area contributed by atoms with Gasteiger partial charge < -0.3 is 10.0 Å². The monoisotopic (exact) mass is 328 g/mol. The molecule has 3 rings (SSSR count). The number of aryl methyl sites for hydroxylation is 2. The highest BCUT2D eigenvalue weighted by Crippen LogP contribution is 2.34. The number of benzene rings is 1. The molecular weight excluding hydrogens is 308 g/mol. The summed E-state index contributed by atoms with van der Waals surface area (Å²) in [5.74, 6) is -1.22. The number of carbonyl (C=O) groups is 2. The van der Waals surface area contributed by atoms with Gasteiger partial charge in [-0.1, -0.05) is 29.0 Å². The van der Waals surface area contributed by atoms with Crippen LogP contribution in [0.4, 0.5) is 0 Å². The van der Waals surface area contributed by atoms with E-state index < -0.39 is 5.97 Å². The summed E-state index contributed by atoms with van der Waals surface area (Å²) in [6.07, 6.45) is 3.18. The zero-order valence-corrected chi connectivity index (χ0v) is 13.8. The number of aromatic nitrogens is 3. The van der Waals surface area contributed by atoms with Gasteiger partial charge in [0.25, 0.3) is 0 Å². The van der Waals surface area contributed by atoms with Crippen LogP contribution in [0.5, 0.6) is 0 Å². The predicted molar refractivity (Wildman–Crippen MR) is 86.6 cm³/mol. The van der Waals surface area contributed by atoms with Crippen LogP contribution in [0, 0.1) is 13.8 Å². The zero-order valence-electron chi connectivity index (χ0n) is 13.8. The molecule has 2 heterocycles. The normalized spacial score (nSPS) is 17.2. The highest BCUT2D eigenvalue weighted by molar-refractivity contribution is 5.84. The van der Waals surface area contributed by atoms with Gasteiger partial charge in [0.15, 0.2) is 5.69 Å². The standard InChI is InChI=1S/C17H20N4O3/c1-11-5-6-12(2)13(8-11)15-4-3-7-21(15)16(22)10-20-9-14(17(23)24)18-19-20/h5-6,8-9,15H,3-4,7,10H2,1-2H3,(H,23,24). The van der Waals surface area contributed by atoms with Crippen molar-refractivity contribution in [3.63, 3.8) is 0 Å². The molecule has 0 radical (unpaired) electrons. The van der Waals surface area contributed by atoms with Gasteiger partial charge in [0.2, 0.25) is 5.91 Å². The van der Waals surface area contributed by atoms with E-state index in [0.717, 1.165) is 12.8 Å². The van der Waals surface area contributed by atoms with Crippen molar-refractivity contribution in [2.75, 3.05) is 6.54 Å². The van der Waals surface area contributed by atoms with Gasteiger partial charge in [-0.2, -0.15) is 0 Å². The van der Waals surface area contributed by atoms with Crippen LogP contribution in [0.1, 0.15) is 46.1 Å². The van der Waals surface area contributed by atoms with Gasteiger partial charge in [0.05, 0.1) is 12.2 Å². The number of hydrogen-bond acceptors (Lipinski definition) is 4. The molecule has 1 saturated heterocycles. The summed E-state index contributed by atoms with van der Waals surface area (Å²) in [5.41, 5.74) is 3.39. The number of amides is 1. The third kappa shape index (κ3) is 3.15. The summed E-state index contributed by atoms with van der Waals surface area (Å²) in [5, 5.41) is 16.1.